The fourth-order valence-electron chi connectivity index (χ4n) is 5.65. The minimum atomic E-state index is 0.560. The van der Waals surface area contributed by atoms with E-state index in [1.165, 1.54) is 44.0 Å². The SMILES string of the molecule is C1=CCNC=C1.CCOc1ccccc1OCCC1C=c2ccc3c(c2CC1)CC=c1c(C)c(C)ccc1=3. The molecule has 0 fully saturated rings. The van der Waals surface area contributed by atoms with Crippen molar-refractivity contribution in [3.8, 4) is 11.5 Å². The van der Waals surface area contributed by atoms with Crippen LogP contribution in [0.2, 0.25) is 0 Å². The number of hydrogen-bond donors (Lipinski definition) is 1. The van der Waals surface area contributed by atoms with E-state index in [1.54, 1.807) is 5.56 Å². The topological polar surface area (TPSA) is 30.5 Å². The van der Waals surface area contributed by atoms with E-state index in [0.29, 0.717) is 19.1 Å². The van der Waals surface area contributed by atoms with Crippen LogP contribution in [0.4, 0.5) is 0 Å². The van der Waals surface area contributed by atoms with Crippen molar-refractivity contribution in [2.45, 2.75) is 46.5 Å². The molecule has 0 bridgehead atoms. The van der Waals surface area contributed by atoms with Gasteiger partial charge in [0.15, 0.2) is 11.5 Å². The maximum Gasteiger partial charge on any atom is 0.161 e. The van der Waals surface area contributed by atoms with E-state index in [0.717, 1.165) is 37.3 Å². The first-order valence-corrected chi connectivity index (χ1v) is 14.0. The minimum absolute atomic E-state index is 0.560. The Morgan fingerprint density at radius 3 is 2.42 bits per heavy atom. The molecular formula is C35H39NO2. The first kappa shape index (κ1) is 25.9. The Hall–Kier alpha value is -3.72. The van der Waals surface area contributed by atoms with Crippen LogP contribution in [0.25, 0.3) is 12.2 Å². The van der Waals surface area contributed by atoms with Gasteiger partial charge in [-0.1, -0.05) is 60.7 Å². The second-order valence-electron chi connectivity index (χ2n) is 10.2. The summed E-state index contributed by atoms with van der Waals surface area (Å²) >= 11 is 0. The van der Waals surface area contributed by atoms with Crippen molar-refractivity contribution in [3.63, 3.8) is 0 Å². The fourth-order valence-corrected chi connectivity index (χ4v) is 5.65. The van der Waals surface area contributed by atoms with Gasteiger partial charge in [0.2, 0.25) is 0 Å². The molecule has 3 heteroatoms. The predicted molar refractivity (Wildman–Crippen MR) is 158 cm³/mol. The molecule has 3 nitrogen and oxygen atoms in total. The number of para-hydroxylation sites is 2. The molecule has 0 aromatic heterocycles. The Kier molecular flexibility index (Phi) is 8.33. The molecule has 1 unspecified atom stereocenters. The number of hydrogen-bond acceptors (Lipinski definition) is 3. The number of fused-ring (bicyclic) bond motifs is 4. The smallest absolute Gasteiger partial charge is 0.161 e. The van der Waals surface area contributed by atoms with E-state index in [9.17, 15) is 0 Å². The average molecular weight is 506 g/mol. The van der Waals surface area contributed by atoms with Gasteiger partial charge >= 0.3 is 0 Å². The molecule has 38 heavy (non-hydrogen) atoms. The molecule has 3 aromatic carbocycles. The van der Waals surface area contributed by atoms with Crippen LogP contribution in [-0.2, 0) is 12.8 Å². The maximum absolute atomic E-state index is 6.08. The summed E-state index contributed by atoms with van der Waals surface area (Å²) in [6.07, 6.45) is 17.3. The highest BCUT2D eigenvalue weighted by Gasteiger charge is 2.17. The molecule has 1 heterocycles. The number of allylic oxidation sites excluding steroid dienone is 2. The lowest BCUT2D eigenvalue weighted by Crippen LogP contribution is -2.24. The summed E-state index contributed by atoms with van der Waals surface area (Å²) in [7, 11) is 0. The van der Waals surface area contributed by atoms with Crippen LogP contribution in [0.5, 0.6) is 11.5 Å². The molecule has 1 aliphatic heterocycles. The maximum atomic E-state index is 6.08. The number of aryl methyl sites for hydroxylation is 1. The molecule has 196 valence electrons. The molecule has 6 rings (SSSR count). The van der Waals surface area contributed by atoms with E-state index < -0.39 is 0 Å². The van der Waals surface area contributed by atoms with Gasteiger partial charge in [0.1, 0.15) is 0 Å². The van der Waals surface area contributed by atoms with Crippen molar-refractivity contribution in [3.05, 3.63) is 116 Å². The number of dihydropyridines is 1. The molecule has 3 aliphatic rings. The monoisotopic (exact) mass is 505 g/mol. The molecule has 0 radical (unpaired) electrons. The summed E-state index contributed by atoms with van der Waals surface area (Å²) in [4.78, 5) is 0. The summed E-state index contributed by atoms with van der Waals surface area (Å²) in [5.41, 5.74) is 5.89. The molecule has 0 spiro atoms. The van der Waals surface area contributed by atoms with Crippen LogP contribution >= 0.6 is 0 Å². The average Bonchev–Trinajstić information content (AvgIpc) is 2.97. The van der Waals surface area contributed by atoms with E-state index in [4.69, 9.17) is 9.47 Å². The third kappa shape index (κ3) is 5.72. The van der Waals surface area contributed by atoms with Crippen LogP contribution in [0.3, 0.4) is 0 Å². The zero-order valence-corrected chi connectivity index (χ0v) is 22.9. The van der Waals surface area contributed by atoms with Gasteiger partial charge in [0.25, 0.3) is 0 Å². The molecule has 3 aromatic rings. The lowest BCUT2D eigenvalue weighted by molar-refractivity contribution is 0.262. The second-order valence-corrected chi connectivity index (χ2v) is 10.2. The van der Waals surface area contributed by atoms with Crippen molar-refractivity contribution in [2.24, 2.45) is 5.92 Å². The van der Waals surface area contributed by atoms with Crippen molar-refractivity contribution >= 4 is 12.2 Å². The van der Waals surface area contributed by atoms with E-state index in [2.05, 4.69) is 61.7 Å². The third-order valence-corrected chi connectivity index (χ3v) is 7.83. The highest BCUT2D eigenvalue weighted by molar-refractivity contribution is 5.50. The van der Waals surface area contributed by atoms with Crippen molar-refractivity contribution < 1.29 is 9.47 Å². The molecule has 1 N–H and O–H groups in total. The highest BCUT2D eigenvalue weighted by Crippen LogP contribution is 2.28. The molecule has 1 atom stereocenters. The van der Waals surface area contributed by atoms with Crippen molar-refractivity contribution in [2.75, 3.05) is 19.8 Å². The summed E-state index contributed by atoms with van der Waals surface area (Å²) in [5, 5.41) is 8.71. The van der Waals surface area contributed by atoms with Gasteiger partial charge in [0.05, 0.1) is 13.2 Å². The number of benzene rings is 3. The molecule has 0 amide bonds. The fraction of sp³-hybridized carbons (Fsp3) is 0.314. The Balaban J connectivity index is 0.000000433. The van der Waals surface area contributed by atoms with E-state index >= 15 is 0 Å². The van der Waals surface area contributed by atoms with E-state index in [1.807, 2.05) is 49.5 Å². The Bertz CT molecular complexity index is 1550. The van der Waals surface area contributed by atoms with Gasteiger partial charge in [-0.3, -0.25) is 0 Å². The van der Waals surface area contributed by atoms with Crippen LogP contribution in [0, 0.1) is 30.2 Å². The second kappa shape index (κ2) is 12.2. The van der Waals surface area contributed by atoms with Crippen molar-refractivity contribution in [1.29, 1.82) is 0 Å². The van der Waals surface area contributed by atoms with Crippen LogP contribution in [0.15, 0.2) is 73.0 Å². The van der Waals surface area contributed by atoms with Gasteiger partial charge in [-0.15, -0.1) is 0 Å². The largest absolute Gasteiger partial charge is 0.490 e. The molecule has 0 saturated carbocycles. The first-order chi connectivity index (χ1) is 18.7. The van der Waals surface area contributed by atoms with Crippen molar-refractivity contribution in [1.82, 2.24) is 5.32 Å². The Morgan fingerprint density at radius 2 is 1.71 bits per heavy atom. The van der Waals surface area contributed by atoms with E-state index in [-0.39, 0.29) is 0 Å². The zero-order chi connectivity index (χ0) is 26.3. The van der Waals surface area contributed by atoms with Gasteiger partial charge in [-0.25, -0.2) is 0 Å². The molecular weight excluding hydrogens is 466 g/mol. The van der Waals surface area contributed by atoms with Gasteiger partial charge in [-0.2, -0.15) is 0 Å². The molecule has 0 saturated heterocycles. The Morgan fingerprint density at radius 1 is 0.895 bits per heavy atom. The molecule has 2 aliphatic carbocycles. The standard InChI is InChI=1S/C30H32O2.C5H7N/c1-4-31-29-7-5-6-8-30(29)32-18-17-22-10-13-25-23(19-22)11-14-28-26-12-9-20(2)21(3)24(26)15-16-27(25)28;1-2-4-6-5-3-1/h5-9,11-12,14-15,19,22H,4,10,13,16-18H2,1-3H3;1-4,6H,5H2. The van der Waals surface area contributed by atoms with Crippen LogP contribution < -0.4 is 25.2 Å². The predicted octanol–water partition coefficient (Wildman–Crippen LogP) is 5.80. The van der Waals surface area contributed by atoms with Gasteiger partial charge < -0.3 is 14.8 Å². The lowest BCUT2D eigenvalue weighted by Gasteiger charge is -2.22. The quantitative estimate of drug-likeness (QED) is 0.460. The summed E-state index contributed by atoms with van der Waals surface area (Å²) in [5.74, 6) is 2.24. The Labute approximate surface area is 226 Å². The number of ether oxygens (including phenoxy) is 2. The number of nitrogens with one attached hydrogen (secondary N) is 1. The number of rotatable bonds is 6. The third-order valence-electron chi connectivity index (χ3n) is 7.83. The van der Waals surface area contributed by atoms with Crippen LogP contribution in [-0.4, -0.2) is 19.8 Å². The lowest BCUT2D eigenvalue weighted by atomic mass is 9.84. The van der Waals surface area contributed by atoms with Gasteiger partial charge in [0, 0.05) is 6.54 Å². The van der Waals surface area contributed by atoms with Gasteiger partial charge in [-0.05, 0) is 120 Å². The van der Waals surface area contributed by atoms with Crippen LogP contribution in [0.1, 0.15) is 42.0 Å². The summed E-state index contributed by atoms with van der Waals surface area (Å²) < 4.78 is 11.8. The minimum Gasteiger partial charge on any atom is -0.490 e. The zero-order valence-electron chi connectivity index (χ0n) is 22.9. The first-order valence-electron chi connectivity index (χ1n) is 14.0. The summed E-state index contributed by atoms with van der Waals surface area (Å²) in [6, 6.07) is 17.2. The normalized spacial score (nSPS) is 16.3. The highest BCUT2D eigenvalue weighted by atomic mass is 16.5. The summed E-state index contributed by atoms with van der Waals surface area (Å²) in [6.45, 7) is 8.81.